The molecule has 3 heteroatoms. The molecule has 0 unspecified atom stereocenters. The molecule has 0 aromatic rings. The van der Waals surface area contributed by atoms with Crippen LogP contribution < -0.4 is 0 Å². The predicted octanol–water partition coefficient (Wildman–Crippen LogP) is 4.07. The third kappa shape index (κ3) is 13.0. The van der Waals surface area contributed by atoms with Crippen molar-refractivity contribution in [3.8, 4) is 0 Å². The number of aliphatic hydroxyl groups is 3. The van der Waals surface area contributed by atoms with Gasteiger partial charge < -0.3 is 15.3 Å². The molecule has 0 radical (unpaired) electrons. The molecule has 0 heterocycles. The molecule has 0 rings (SSSR count). The lowest BCUT2D eigenvalue weighted by molar-refractivity contribution is 0.325. The van der Waals surface area contributed by atoms with Crippen molar-refractivity contribution in [2.45, 2.75) is 59.3 Å². The molecule has 0 fully saturated rings. The van der Waals surface area contributed by atoms with Gasteiger partial charge in [-0.1, -0.05) is 41.0 Å². The summed E-state index contributed by atoms with van der Waals surface area (Å²) >= 11 is 0. The van der Waals surface area contributed by atoms with Crippen molar-refractivity contribution in [3.63, 3.8) is 0 Å². The highest BCUT2D eigenvalue weighted by Gasteiger charge is 1.96. The van der Waals surface area contributed by atoms with Crippen molar-refractivity contribution in [3.05, 3.63) is 46.6 Å². The molecule has 0 saturated carbocycles. The van der Waals surface area contributed by atoms with Gasteiger partial charge in [-0.15, -0.1) is 0 Å². The van der Waals surface area contributed by atoms with Crippen LogP contribution >= 0.6 is 0 Å². The quantitative estimate of drug-likeness (QED) is 0.475. The Morgan fingerprint density at radius 3 is 1.70 bits per heavy atom. The molecule has 23 heavy (non-hydrogen) atoms. The summed E-state index contributed by atoms with van der Waals surface area (Å²) in [5.74, 6) is 0. The van der Waals surface area contributed by atoms with Crippen LogP contribution in [0.4, 0.5) is 0 Å². The third-order valence-corrected chi connectivity index (χ3v) is 3.85. The molecular weight excluding hydrogens is 288 g/mol. The largest absolute Gasteiger partial charge is 0.392 e. The van der Waals surface area contributed by atoms with E-state index in [4.69, 9.17) is 10.2 Å². The monoisotopic (exact) mass is 322 g/mol. The second-order valence-corrected chi connectivity index (χ2v) is 6.13. The Bertz CT molecular complexity index is 428. The summed E-state index contributed by atoms with van der Waals surface area (Å²) in [5.41, 5.74) is 4.64. The number of hydrogen-bond donors (Lipinski definition) is 3. The number of aliphatic hydroxyl groups excluding tert-OH is 3. The summed E-state index contributed by atoms with van der Waals surface area (Å²) in [7, 11) is 0. The Kier molecular flexibility index (Phi) is 13.7. The van der Waals surface area contributed by atoms with Crippen LogP contribution in [0.5, 0.6) is 0 Å². The van der Waals surface area contributed by atoms with Gasteiger partial charge in [0.05, 0.1) is 19.8 Å². The average molecular weight is 322 g/mol. The second kappa shape index (κ2) is 14.4. The minimum atomic E-state index is 0.106. The first kappa shape index (κ1) is 21.8. The van der Waals surface area contributed by atoms with E-state index in [-0.39, 0.29) is 19.8 Å². The summed E-state index contributed by atoms with van der Waals surface area (Å²) in [5, 5.41) is 27.1. The normalized spacial score (nSPS) is 14.5. The van der Waals surface area contributed by atoms with Crippen LogP contribution in [-0.4, -0.2) is 35.1 Å². The van der Waals surface area contributed by atoms with Crippen LogP contribution in [0.2, 0.25) is 0 Å². The molecule has 3 N–H and O–H groups in total. The zero-order chi connectivity index (χ0) is 17.5. The molecule has 0 aromatic carbocycles. The van der Waals surface area contributed by atoms with Crippen LogP contribution in [0.1, 0.15) is 59.3 Å². The van der Waals surface area contributed by atoms with E-state index in [1.807, 2.05) is 26.0 Å². The van der Waals surface area contributed by atoms with E-state index in [9.17, 15) is 5.11 Å². The molecule has 0 aromatic heterocycles. The lowest BCUT2D eigenvalue weighted by atomic mass is 10.0. The van der Waals surface area contributed by atoms with Gasteiger partial charge in [0.15, 0.2) is 0 Å². The fourth-order valence-corrected chi connectivity index (χ4v) is 2.22. The topological polar surface area (TPSA) is 60.7 Å². The Morgan fingerprint density at radius 1 is 0.609 bits per heavy atom. The predicted molar refractivity (Wildman–Crippen MR) is 98.3 cm³/mol. The number of allylic oxidation sites excluding steroid dienone is 5. The van der Waals surface area contributed by atoms with Gasteiger partial charge >= 0.3 is 0 Å². The minimum Gasteiger partial charge on any atom is -0.392 e. The van der Waals surface area contributed by atoms with Gasteiger partial charge in [-0.2, -0.15) is 0 Å². The number of rotatable bonds is 12. The summed E-state index contributed by atoms with van der Waals surface area (Å²) in [6.07, 6.45) is 14.0. The highest BCUT2D eigenvalue weighted by atomic mass is 16.3. The van der Waals surface area contributed by atoms with Gasteiger partial charge in [-0.3, -0.25) is 0 Å². The van der Waals surface area contributed by atoms with Crippen molar-refractivity contribution in [2.75, 3.05) is 19.8 Å². The first-order valence-corrected chi connectivity index (χ1v) is 8.50. The summed E-state index contributed by atoms with van der Waals surface area (Å²) in [6.45, 7) is 6.44. The molecule has 0 aliphatic carbocycles. The molecule has 0 saturated heterocycles. The summed E-state index contributed by atoms with van der Waals surface area (Å²) < 4.78 is 0. The lowest BCUT2D eigenvalue weighted by Gasteiger charge is -2.04. The molecule has 0 aliphatic heterocycles. The molecule has 3 nitrogen and oxygen atoms in total. The van der Waals surface area contributed by atoms with Crippen molar-refractivity contribution in [1.82, 2.24) is 0 Å². The molecule has 0 bridgehead atoms. The molecule has 0 aliphatic rings. The zero-order valence-electron chi connectivity index (χ0n) is 15.0. The Hall–Kier alpha value is -1.16. The maximum absolute atomic E-state index is 9.39. The summed E-state index contributed by atoms with van der Waals surface area (Å²) in [6, 6.07) is 0. The highest BCUT2D eigenvalue weighted by molar-refractivity contribution is 5.09. The fourth-order valence-electron chi connectivity index (χ4n) is 2.22. The first-order valence-electron chi connectivity index (χ1n) is 8.50. The van der Waals surface area contributed by atoms with E-state index in [0.717, 1.165) is 49.7 Å². The van der Waals surface area contributed by atoms with Crippen molar-refractivity contribution >= 4 is 0 Å². The molecule has 0 amide bonds. The van der Waals surface area contributed by atoms with Crippen LogP contribution in [0, 0.1) is 0 Å². The van der Waals surface area contributed by atoms with E-state index in [1.54, 1.807) is 0 Å². The van der Waals surface area contributed by atoms with Crippen molar-refractivity contribution in [1.29, 1.82) is 0 Å². The molecule has 0 atom stereocenters. The first-order chi connectivity index (χ1) is 11.0. The molecule has 0 spiro atoms. The maximum atomic E-state index is 9.39. The van der Waals surface area contributed by atoms with Gasteiger partial charge in [-0.05, 0) is 64.9 Å². The van der Waals surface area contributed by atoms with Crippen LogP contribution in [0.15, 0.2) is 46.6 Å². The van der Waals surface area contributed by atoms with Crippen LogP contribution in [-0.2, 0) is 0 Å². The van der Waals surface area contributed by atoms with E-state index >= 15 is 0 Å². The third-order valence-electron chi connectivity index (χ3n) is 3.85. The maximum Gasteiger partial charge on any atom is 0.0641 e. The van der Waals surface area contributed by atoms with Gasteiger partial charge in [-0.25, -0.2) is 0 Å². The Labute approximate surface area is 141 Å². The van der Waals surface area contributed by atoms with Gasteiger partial charge in [0.2, 0.25) is 0 Å². The minimum absolute atomic E-state index is 0.106. The molecule has 132 valence electrons. The fraction of sp³-hybridized carbons (Fsp3) is 0.600. The van der Waals surface area contributed by atoms with E-state index in [0.29, 0.717) is 0 Å². The molecular formula is C20H34O3. The Morgan fingerprint density at radius 2 is 1.13 bits per heavy atom. The van der Waals surface area contributed by atoms with Gasteiger partial charge in [0, 0.05) is 0 Å². The van der Waals surface area contributed by atoms with E-state index in [1.165, 1.54) is 11.1 Å². The standard InChI is InChI=1S/C20H34O3/c1-17(7-4-8-18(2)13-14-21)9-5-11-20(16-23)12-6-10-19(3)15-22/h7,10-11,13,21-23H,4-6,8-9,12,14-16H2,1-3H3. The lowest BCUT2D eigenvalue weighted by Crippen LogP contribution is -1.92. The average Bonchev–Trinajstić information content (AvgIpc) is 2.53. The van der Waals surface area contributed by atoms with Gasteiger partial charge in [0.1, 0.15) is 0 Å². The Balaban J connectivity index is 4.13. The SMILES string of the molecule is CC(=CCCC(=CCCC(C)=CCCC(C)=CCO)CO)CO. The van der Waals surface area contributed by atoms with Crippen molar-refractivity contribution < 1.29 is 15.3 Å². The zero-order valence-corrected chi connectivity index (χ0v) is 15.0. The van der Waals surface area contributed by atoms with Crippen LogP contribution in [0.25, 0.3) is 0 Å². The van der Waals surface area contributed by atoms with E-state index < -0.39 is 0 Å². The highest BCUT2D eigenvalue weighted by Crippen LogP contribution is 2.13. The van der Waals surface area contributed by atoms with E-state index in [2.05, 4.69) is 19.1 Å². The second-order valence-electron chi connectivity index (χ2n) is 6.13. The smallest absolute Gasteiger partial charge is 0.0641 e. The van der Waals surface area contributed by atoms with Gasteiger partial charge in [0.25, 0.3) is 0 Å². The summed E-state index contributed by atoms with van der Waals surface area (Å²) in [4.78, 5) is 0. The van der Waals surface area contributed by atoms with Crippen molar-refractivity contribution in [2.24, 2.45) is 0 Å². The van der Waals surface area contributed by atoms with Crippen LogP contribution in [0.3, 0.4) is 0 Å². The number of hydrogen-bond acceptors (Lipinski definition) is 3.